The summed E-state index contributed by atoms with van der Waals surface area (Å²) in [4.78, 5) is 30.1. The first-order valence-corrected chi connectivity index (χ1v) is 5.21. The molecule has 0 aromatic carbocycles. The molecule has 0 aliphatic rings. The fraction of sp³-hybridized carbons (Fsp3) is 0. The van der Waals surface area contributed by atoms with Crippen molar-refractivity contribution in [1.82, 2.24) is 9.97 Å². The Morgan fingerprint density at radius 3 is 2.68 bits per heavy atom. The number of carbonyl (C=O) groups excluding carboxylic acids is 1. The molecule has 0 aliphatic heterocycles. The number of pyridine rings is 2. The lowest BCUT2D eigenvalue weighted by molar-refractivity contribution is 0.0696. The van der Waals surface area contributed by atoms with E-state index >= 15 is 0 Å². The number of nitrogens with zero attached hydrogens (tertiary/aromatic N) is 2. The molecule has 0 spiro atoms. The maximum absolute atomic E-state index is 11.8. The minimum atomic E-state index is -1.12. The predicted octanol–water partition coefficient (Wildman–Crippen LogP) is 1.13. The highest BCUT2D eigenvalue weighted by Gasteiger charge is 2.12. The van der Waals surface area contributed by atoms with E-state index in [1.54, 1.807) is 0 Å². The molecule has 3 N–H and O–H groups in total. The summed E-state index contributed by atoms with van der Waals surface area (Å²) in [7, 11) is 0. The van der Waals surface area contributed by atoms with Crippen LogP contribution in [0.25, 0.3) is 0 Å². The Hall–Kier alpha value is -2.96. The summed E-state index contributed by atoms with van der Waals surface area (Å²) < 4.78 is 0. The second-order valence-corrected chi connectivity index (χ2v) is 3.58. The van der Waals surface area contributed by atoms with Gasteiger partial charge in [0.05, 0.1) is 17.3 Å². The number of aromatic nitrogens is 2. The fourth-order valence-corrected chi connectivity index (χ4v) is 1.39. The van der Waals surface area contributed by atoms with Gasteiger partial charge >= 0.3 is 5.97 Å². The lowest BCUT2D eigenvalue weighted by atomic mass is 10.2. The van der Waals surface area contributed by atoms with E-state index in [1.807, 2.05) is 0 Å². The van der Waals surface area contributed by atoms with Crippen LogP contribution in [0, 0.1) is 0 Å². The minimum absolute atomic E-state index is 0.00394. The Bertz CT molecular complexity index is 642. The average Bonchev–Trinajstić information content (AvgIpc) is 2.39. The van der Waals surface area contributed by atoms with Gasteiger partial charge in [-0.05, 0) is 18.2 Å². The van der Waals surface area contributed by atoms with Crippen molar-refractivity contribution in [2.75, 3.05) is 5.32 Å². The van der Waals surface area contributed by atoms with Crippen molar-refractivity contribution < 1.29 is 19.8 Å². The molecule has 0 saturated carbocycles. The second kappa shape index (κ2) is 5.13. The Morgan fingerprint density at radius 2 is 2.00 bits per heavy atom. The van der Waals surface area contributed by atoms with E-state index in [-0.39, 0.29) is 22.7 Å². The zero-order valence-corrected chi connectivity index (χ0v) is 9.57. The molecule has 19 heavy (non-hydrogen) atoms. The first-order chi connectivity index (χ1) is 9.08. The molecule has 0 aliphatic carbocycles. The molecule has 1 amide bonds. The van der Waals surface area contributed by atoms with Gasteiger partial charge in [0, 0.05) is 12.4 Å². The second-order valence-electron chi connectivity index (χ2n) is 3.58. The van der Waals surface area contributed by atoms with Gasteiger partial charge in [0.2, 0.25) is 0 Å². The van der Waals surface area contributed by atoms with E-state index in [0.29, 0.717) is 0 Å². The molecular formula is C12H9N3O4. The van der Waals surface area contributed by atoms with Gasteiger partial charge in [0.15, 0.2) is 0 Å². The minimum Gasteiger partial charge on any atom is -0.505 e. The van der Waals surface area contributed by atoms with Crippen molar-refractivity contribution in [1.29, 1.82) is 0 Å². The molecule has 96 valence electrons. The van der Waals surface area contributed by atoms with E-state index in [1.165, 1.54) is 30.6 Å². The lowest BCUT2D eigenvalue weighted by Gasteiger charge is -2.06. The van der Waals surface area contributed by atoms with Crippen LogP contribution in [0.1, 0.15) is 20.7 Å². The maximum atomic E-state index is 11.8. The number of hydrogen-bond acceptors (Lipinski definition) is 5. The molecule has 2 rings (SSSR count). The molecule has 7 heteroatoms. The van der Waals surface area contributed by atoms with Crippen LogP contribution in [0.4, 0.5) is 5.82 Å². The number of nitrogens with one attached hydrogen (secondary N) is 1. The predicted molar refractivity (Wildman–Crippen MR) is 65.1 cm³/mol. The van der Waals surface area contributed by atoms with E-state index in [0.717, 1.165) is 6.20 Å². The standard InChI is InChI=1S/C12H9N3O4/c16-9-6-13-3-2-8(9)11(17)15-10-5-7(12(18)19)1-4-14-10/h1-6,16H,(H,18,19)(H,14,15,17). The Balaban J connectivity index is 2.22. The van der Waals surface area contributed by atoms with Crippen molar-refractivity contribution in [2.24, 2.45) is 0 Å². The Kier molecular flexibility index (Phi) is 3.37. The summed E-state index contributed by atoms with van der Waals surface area (Å²) >= 11 is 0. The van der Waals surface area contributed by atoms with Crippen LogP contribution < -0.4 is 5.32 Å². The van der Waals surface area contributed by atoms with E-state index < -0.39 is 11.9 Å². The molecule has 2 heterocycles. The van der Waals surface area contributed by atoms with Crippen LogP contribution in [0.3, 0.4) is 0 Å². The van der Waals surface area contributed by atoms with Crippen LogP contribution >= 0.6 is 0 Å². The van der Waals surface area contributed by atoms with Gasteiger partial charge in [-0.2, -0.15) is 0 Å². The van der Waals surface area contributed by atoms with Gasteiger partial charge in [-0.1, -0.05) is 0 Å². The number of aromatic carboxylic acids is 1. The number of carbonyl (C=O) groups is 2. The van der Waals surface area contributed by atoms with E-state index in [4.69, 9.17) is 5.11 Å². The number of aromatic hydroxyl groups is 1. The molecule has 2 aromatic heterocycles. The Labute approximate surface area is 107 Å². The van der Waals surface area contributed by atoms with Crippen LogP contribution in [0.2, 0.25) is 0 Å². The van der Waals surface area contributed by atoms with Gasteiger partial charge in [0.25, 0.3) is 5.91 Å². The third-order valence-electron chi connectivity index (χ3n) is 2.29. The van der Waals surface area contributed by atoms with Crippen LogP contribution in [-0.4, -0.2) is 32.1 Å². The van der Waals surface area contributed by atoms with Crippen molar-refractivity contribution in [3.8, 4) is 5.75 Å². The normalized spacial score (nSPS) is 9.89. The highest BCUT2D eigenvalue weighted by Crippen LogP contribution is 2.16. The molecule has 0 unspecified atom stereocenters. The molecule has 0 atom stereocenters. The monoisotopic (exact) mass is 259 g/mol. The number of carboxylic acid groups (broad SMARTS) is 1. The highest BCUT2D eigenvalue weighted by molar-refractivity contribution is 6.05. The summed E-state index contributed by atoms with van der Waals surface area (Å²) in [5.74, 6) is -1.91. The van der Waals surface area contributed by atoms with Crippen molar-refractivity contribution in [3.63, 3.8) is 0 Å². The molecule has 0 fully saturated rings. The maximum Gasteiger partial charge on any atom is 0.335 e. The van der Waals surface area contributed by atoms with E-state index in [9.17, 15) is 14.7 Å². The van der Waals surface area contributed by atoms with Gasteiger partial charge < -0.3 is 15.5 Å². The summed E-state index contributed by atoms with van der Waals surface area (Å²) in [5, 5.41) is 20.7. The van der Waals surface area contributed by atoms with Crippen LogP contribution in [-0.2, 0) is 0 Å². The number of carboxylic acids is 1. The third kappa shape index (κ3) is 2.83. The SMILES string of the molecule is O=C(O)c1ccnc(NC(=O)c2ccncc2O)c1. The van der Waals surface area contributed by atoms with Crippen molar-refractivity contribution in [3.05, 3.63) is 47.9 Å². The van der Waals surface area contributed by atoms with Crippen molar-refractivity contribution in [2.45, 2.75) is 0 Å². The number of amides is 1. The number of hydrogen-bond donors (Lipinski definition) is 3. The topological polar surface area (TPSA) is 112 Å². The number of anilines is 1. The Morgan fingerprint density at radius 1 is 1.21 bits per heavy atom. The summed E-state index contributed by atoms with van der Waals surface area (Å²) in [6.45, 7) is 0. The van der Waals surface area contributed by atoms with E-state index in [2.05, 4.69) is 15.3 Å². The van der Waals surface area contributed by atoms with Crippen molar-refractivity contribution >= 4 is 17.7 Å². The largest absolute Gasteiger partial charge is 0.505 e. The first-order valence-electron chi connectivity index (χ1n) is 5.21. The van der Waals surface area contributed by atoms with Crippen LogP contribution in [0.5, 0.6) is 5.75 Å². The summed E-state index contributed by atoms with van der Waals surface area (Å²) in [6, 6.07) is 3.87. The first kappa shape index (κ1) is 12.5. The van der Waals surface area contributed by atoms with Crippen LogP contribution in [0.15, 0.2) is 36.8 Å². The quantitative estimate of drug-likeness (QED) is 0.761. The highest BCUT2D eigenvalue weighted by atomic mass is 16.4. The molecule has 0 radical (unpaired) electrons. The molecule has 7 nitrogen and oxygen atoms in total. The smallest absolute Gasteiger partial charge is 0.335 e. The van der Waals surface area contributed by atoms with Gasteiger partial charge in [-0.25, -0.2) is 9.78 Å². The zero-order valence-electron chi connectivity index (χ0n) is 9.57. The molecule has 2 aromatic rings. The summed E-state index contributed by atoms with van der Waals surface area (Å²) in [5.41, 5.74) is 0.0294. The third-order valence-corrected chi connectivity index (χ3v) is 2.29. The molecule has 0 saturated heterocycles. The van der Waals surface area contributed by atoms with Gasteiger partial charge in [-0.3, -0.25) is 9.78 Å². The van der Waals surface area contributed by atoms with Gasteiger partial charge in [-0.15, -0.1) is 0 Å². The molecular weight excluding hydrogens is 250 g/mol. The molecule has 0 bridgehead atoms. The number of rotatable bonds is 3. The average molecular weight is 259 g/mol. The summed E-state index contributed by atoms with van der Waals surface area (Å²) in [6.07, 6.45) is 3.76. The lowest BCUT2D eigenvalue weighted by Crippen LogP contribution is -2.13. The zero-order chi connectivity index (χ0) is 13.8. The fourth-order valence-electron chi connectivity index (χ4n) is 1.39. The van der Waals surface area contributed by atoms with Gasteiger partial charge in [0.1, 0.15) is 11.6 Å².